The highest BCUT2D eigenvalue weighted by atomic mass is 16.3. The third-order valence-corrected chi connectivity index (χ3v) is 2.54. The van der Waals surface area contributed by atoms with E-state index in [4.69, 9.17) is 5.11 Å². The van der Waals surface area contributed by atoms with Crippen molar-refractivity contribution in [2.45, 2.75) is 20.8 Å². The molecular weight excluding hydrogens is 176 g/mol. The molecule has 3 heteroatoms. The summed E-state index contributed by atoms with van der Waals surface area (Å²) in [6.07, 6.45) is 3.85. The SMILES string of the molecule is Cc1c(C=C(CO)C(C)C)cnn1C. The van der Waals surface area contributed by atoms with Crippen molar-refractivity contribution in [1.82, 2.24) is 9.78 Å². The summed E-state index contributed by atoms with van der Waals surface area (Å²) in [4.78, 5) is 0. The third kappa shape index (κ3) is 2.23. The Balaban J connectivity index is 3.00. The monoisotopic (exact) mass is 194 g/mol. The Labute approximate surface area is 85.1 Å². The first kappa shape index (κ1) is 11.0. The van der Waals surface area contributed by atoms with E-state index < -0.39 is 0 Å². The lowest BCUT2D eigenvalue weighted by atomic mass is 10.0. The third-order valence-electron chi connectivity index (χ3n) is 2.54. The maximum atomic E-state index is 9.16. The van der Waals surface area contributed by atoms with E-state index in [9.17, 15) is 0 Å². The van der Waals surface area contributed by atoms with E-state index in [-0.39, 0.29) is 6.61 Å². The molecular formula is C11H18N2O. The smallest absolute Gasteiger partial charge is 0.0647 e. The van der Waals surface area contributed by atoms with Crippen LogP contribution >= 0.6 is 0 Å². The quantitative estimate of drug-likeness (QED) is 0.796. The van der Waals surface area contributed by atoms with E-state index in [2.05, 4.69) is 18.9 Å². The molecule has 78 valence electrons. The topological polar surface area (TPSA) is 38.1 Å². The van der Waals surface area contributed by atoms with E-state index in [0.29, 0.717) is 5.92 Å². The van der Waals surface area contributed by atoms with Gasteiger partial charge in [0.1, 0.15) is 0 Å². The molecule has 0 saturated carbocycles. The van der Waals surface area contributed by atoms with Gasteiger partial charge < -0.3 is 5.11 Å². The molecule has 0 spiro atoms. The Morgan fingerprint density at radius 2 is 2.29 bits per heavy atom. The minimum atomic E-state index is 0.117. The van der Waals surface area contributed by atoms with Crippen LogP contribution in [0.15, 0.2) is 11.8 Å². The van der Waals surface area contributed by atoms with Gasteiger partial charge >= 0.3 is 0 Å². The van der Waals surface area contributed by atoms with Crippen LogP contribution in [0.5, 0.6) is 0 Å². The number of aryl methyl sites for hydroxylation is 1. The first-order chi connectivity index (χ1) is 6.56. The average Bonchev–Trinajstić information content (AvgIpc) is 2.44. The van der Waals surface area contributed by atoms with Crippen LogP contribution in [-0.4, -0.2) is 21.5 Å². The second-order valence-electron chi connectivity index (χ2n) is 3.84. The molecule has 1 N–H and O–H groups in total. The van der Waals surface area contributed by atoms with Crippen LogP contribution in [0.1, 0.15) is 25.1 Å². The number of rotatable bonds is 3. The minimum Gasteiger partial charge on any atom is -0.392 e. The summed E-state index contributed by atoms with van der Waals surface area (Å²) in [5, 5.41) is 13.3. The number of hydrogen-bond donors (Lipinski definition) is 1. The summed E-state index contributed by atoms with van der Waals surface area (Å²) in [6, 6.07) is 0. The summed E-state index contributed by atoms with van der Waals surface area (Å²) in [7, 11) is 1.92. The lowest BCUT2D eigenvalue weighted by molar-refractivity contribution is 0.320. The van der Waals surface area contributed by atoms with Gasteiger partial charge in [-0.25, -0.2) is 0 Å². The Hall–Kier alpha value is -1.09. The van der Waals surface area contributed by atoms with Gasteiger partial charge in [0.15, 0.2) is 0 Å². The molecule has 1 aromatic rings. The van der Waals surface area contributed by atoms with Gasteiger partial charge in [0.05, 0.1) is 12.8 Å². The van der Waals surface area contributed by atoms with E-state index in [1.165, 1.54) is 0 Å². The van der Waals surface area contributed by atoms with Crippen molar-refractivity contribution in [2.75, 3.05) is 6.61 Å². The highest BCUT2D eigenvalue weighted by molar-refractivity contribution is 5.54. The maximum absolute atomic E-state index is 9.16. The number of aliphatic hydroxyl groups excluding tert-OH is 1. The average molecular weight is 194 g/mol. The van der Waals surface area contributed by atoms with Crippen molar-refractivity contribution in [1.29, 1.82) is 0 Å². The highest BCUT2D eigenvalue weighted by Gasteiger charge is 2.05. The molecule has 0 atom stereocenters. The fourth-order valence-corrected chi connectivity index (χ4v) is 1.25. The van der Waals surface area contributed by atoms with Crippen LogP contribution in [0, 0.1) is 12.8 Å². The molecule has 0 aromatic carbocycles. The van der Waals surface area contributed by atoms with E-state index in [0.717, 1.165) is 16.8 Å². The zero-order chi connectivity index (χ0) is 10.7. The molecule has 0 aliphatic carbocycles. The Kier molecular flexibility index (Phi) is 3.47. The molecule has 0 saturated heterocycles. The van der Waals surface area contributed by atoms with Gasteiger partial charge in [-0.05, 0) is 24.5 Å². The van der Waals surface area contributed by atoms with E-state index >= 15 is 0 Å². The zero-order valence-corrected chi connectivity index (χ0v) is 9.28. The van der Waals surface area contributed by atoms with Crippen molar-refractivity contribution in [2.24, 2.45) is 13.0 Å². The second-order valence-corrected chi connectivity index (χ2v) is 3.84. The Morgan fingerprint density at radius 1 is 1.64 bits per heavy atom. The van der Waals surface area contributed by atoms with Gasteiger partial charge in [0, 0.05) is 18.3 Å². The maximum Gasteiger partial charge on any atom is 0.0647 e. The standard InChI is InChI=1S/C11H18N2O/c1-8(2)11(7-14)5-10-6-12-13(4)9(10)3/h5-6,8,14H,7H2,1-4H3. The van der Waals surface area contributed by atoms with Crippen LogP contribution in [0.4, 0.5) is 0 Å². The molecule has 0 bridgehead atoms. The molecule has 1 heterocycles. The molecule has 1 rings (SSSR count). The second kappa shape index (κ2) is 4.42. The predicted octanol–water partition coefficient (Wildman–Crippen LogP) is 1.76. The minimum absolute atomic E-state index is 0.117. The first-order valence-electron chi connectivity index (χ1n) is 4.86. The lowest BCUT2D eigenvalue weighted by Gasteiger charge is -2.07. The summed E-state index contributed by atoms with van der Waals surface area (Å²) in [5.74, 6) is 0.375. The van der Waals surface area contributed by atoms with Crippen molar-refractivity contribution >= 4 is 6.08 Å². The molecule has 1 aromatic heterocycles. The van der Waals surface area contributed by atoms with Gasteiger partial charge in [-0.2, -0.15) is 5.10 Å². The van der Waals surface area contributed by atoms with Gasteiger partial charge in [-0.15, -0.1) is 0 Å². The van der Waals surface area contributed by atoms with Crippen molar-refractivity contribution in [3.8, 4) is 0 Å². The Morgan fingerprint density at radius 3 is 2.64 bits per heavy atom. The first-order valence-corrected chi connectivity index (χ1v) is 4.86. The molecule has 0 unspecified atom stereocenters. The van der Waals surface area contributed by atoms with Crippen LogP contribution in [0.3, 0.4) is 0 Å². The summed E-state index contributed by atoms with van der Waals surface area (Å²) in [5.41, 5.74) is 3.25. The number of aromatic nitrogens is 2. The van der Waals surface area contributed by atoms with Gasteiger partial charge in [-0.1, -0.05) is 13.8 Å². The lowest BCUT2D eigenvalue weighted by Crippen LogP contribution is -1.99. The van der Waals surface area contributed by atoms with Gasteiger partial charge in [0.25, 0.3) is 0 Å². The summed E-state index contributed by atoms with van der Waals surface area (Å²) >= 11 is 0. The van der Waals surface area contributed by atoms with E-state index in [1.807, 2.05) is 30.9 Å². The molecule has 0 aliphatic heterocycles. The normalized spacial score (nSPS) is 12.6. The molecule has 0 aliphatic rings. The number of hydrogen-bond acceptors (Lipinski definition) is 2. The summed E-state index contributed by atoms with van der Waals surface area (Å²) < 4.78 is 1.83. The van der Waals surface area contributed by atoms with Gasteiger partial charge in [0.2, 0.25) is 0 Å². The van der Waals surface area contributed by atoms with Crippen molar-refractivity contribution in [3.05, 3.63) is 23.0 Å². The fourth-order valence-electron chi connectivity index (χ4n) is 1.25. The van der Waals surface area contributed by atoms with Gasteiger partial charge in [-0.3, -0.25) is 4.68 Å². The number of aliphatic hydroxyl groups is 1. The number of nitrogens with zero attached hydrogens (tertiary/aromatic N) is 2. The molecule has 14 heavy (non-hydrogen) atoms. The zero-order valence-electron chi connectivity index (χ0n) is 9.28. The summed E-state index contributed by atoms with van der Waals surface area (Å²) in [6.45, 7) is 6.29. The van der Waals surface area contributed by atoms with E-state index in [1.54, 1.807) is 0 Å². The molecule has 0 fully saturated rings. The molecule has 0 radical (unpaired) electrons. The molecule has 0 amide bonds. The van der Waals surface area contributed by atoms with Crippen molar-refractivity contribution in [3.63, 3.8) is 0 Å². The van der Waals surface area contributed by atoms with Crippen LogP contribution in [0.25, 0.3) is 6.08 Å². The Bertz CT molecular complexity index is 337. The van der Waals surface area contributed by atoms with Crippen LogP contribution in [-0.2, 0) is 7.05 Å². The fraction of sp³-hybridized carbons (Fsp3) is 0.545. The van der Waals surface area contributed by atoms with Crippen LogP contribution in [0.2, 0.25) is 0 Å². The largest absolute Gasteiger partial charge is 0.392 e. The predicted molar refractivity (Wildman–Crippen MR) is 57.8 cm³/mol. The van der Waals surface area contributed by atoms with Crippen molar-refractivity contribution < 1.29 is 5.11 Å². The molecule has 3 nitrogen and oxygen atoms in total. The highest BCUT2D eigenvalue weighted by Crippen LogP contribution is 2.16. The van der Waals surface area contributed by atoms with Crippen LogP contribution < -0.4 is 0 Å².